The molecule has 2 saturated heterocycles. The van der Waals surface area contributed by atoms with Crippen LogP contribution in [0.3, 0.4) is 0 Å². The maximum Gasteiger partial charge on any atom is 0.0664 e. The summed E-state index contributed by atoms with van der Waals surface area (Å²) in [6.07, 6.45) is 8.98. The lowest BCUT2D eigenvalue weighted by atomic mass is 10.2. The van der Waals surface area contributed by atoms with Crippen molar-refractivity contribution in [3.05, 3.63) is 0 Å². The van der Waals surface area contributed by atoms with Gasteiger partial charge in [0.1, 0.15) is 0 Å². The van der Waals surface area contributed by atoms with Gasteiger partial charge in [0.2, 0.25) is 0 Å². The molecule has 2 rings (SSSR count). The topological polar surface area (TPSA) is 26.7 Å². The van der Waals surface area contributed by atoms with Gasteiger partial charge in [0.15, 0.2) is 0 Å². The highest BCUT2D eigenvalue weighted by molar-refractivity contribution is 4.83. The number of β-amino-alcohol motifs (C(OH)–C–C–N with tert-alkyl or cyclic N) is 1. The molecule has 2 aliphatic heterocycles. The van der Waals surface area contributed by atoms with Gasteiger partial charge in [0, 0.05) is 19.1 Å². The van der Waals surface area contributed by atoms with Gasteiger partial charge in [0.25, 0.3) is 0 Å². The van der Waals surface area contributed by atoms with E-state index in [1.165, 1.54) is 64.7 Å². The Morgan fingerprint density at radius 3 is 2.44 bits per heavy atom. The number of nitrogens with zero attached hydrogens (tertiary/aromatic N) is 2. The molecule has 0 spiro atoms. The van der Waals surface area contributed by atoms with E-state index in [9.17, 15) is 5.11 Å². The lowest BCUT2D eigenvalue weighted by Gasteiger charge is -2.31. The van der Waals surface area contributed by atoms with Crippen molar-refractivity contribution < 1.29 is 5.11 Å². The van der Waals surface area contributed by atoms with Gasteiger partial charge >= 0.3 is 0 Å². The molecule has 0 aromatic carbocycles. The summed E-state index contributed by atoms with van der Waals surface area (Å²) >= 11 is 0. The van der Waals surface area contributed by atoms with Gasteiger partial charge in [-0.3, -0.25) is 4.90 Å². The molecule has 0 radical (unpaired) electrons. The fraction of sp³-hybridized carbons (Fsp3) is 1.00. The molecule has 2 fully saturated rings. The third kappa shape index (κ3) is 4.22. The van der Waals surface area contributed by atoms with Crippen molar-refractivity contribution in [1.82, 2.24) is 9.80 Å². The van der Waals surface area contributed by atoms with Crippen molar-refractivity contribution in [1.29, 1.82) is 0 Å². The number of likely N-dealkylation sites (tertiary alicyclic amines) is 2. The van der Waals surface area contributed by atoms with E-state index >= 15 is 0 Å². The van der Waals surface area contributed by atoms with Crippen molar-refractivity contribution in [2.24, 2.45) is 0 Å². The molecule has 2 atom stereocenters. The standard InChI is InChI=1S/C15H30N2O/c1-2-15(18)13-17-11-7-8-14(17)12-16-9-5-3-4-6-10-16/h14-15,18H,2-13H2,1H3/t14?,15-/m0/s1. The third-order valence-corrected chi connectivity index (χ3v) is 4.58. The molecule has 0 saturated carbocycles. The average molecular weight is 254 g/mol. The smallest absolute Gasteiger partial charge is 0.0664 e. The molecule has 0 bridgehead atoms. The molecule has 2 heterocycles. The second kappa shape index (κ2) is 7.46. The summed E-state index contributed by atoms with van der Waals surface area (Å²) in [7, 11) is 0. The molecule has 3 heteroatoms. The Hall–Kier alpha value is -0.120. The summed E-state index contributed by atoms with van der Waals surface area (Å²) in [5, 5.41) is 9.83. The first-order valence-corrected chi connectivity index (χ1v) is 7.94. The number of hydrogen-bond acceptors (Lipinski definition) is 3. The predicted octanol–water partition coefficient (Wildman–Crippen LogP) is 2.10. The normalized spacial score (nSPS) is 29.3. The quantitative estimate of drug-likeness (QED) is 0.814. The molecular formula is C15H30N2O. The Morgan fingerprint density at radius 2 is 1.78 bits per heavy atom. The van der Waals surface area contributed by atoms with E-state index in [4.69, 9.17) is 0 Å². The summed E-state index contributed by atoms with van der Waals surface area (Å²) in [6, 6.07) is 0.698. The summed E-state index contributed by atoms with van der Waals surface area (Å²) in [5.74, 6) is 0. The van der Waals surface area contributed by atoms with E-state index in [2.05, 4.69) is 16.7 Å². The summed E-state index contributed by atoms with van der Waals surface area (Å²) in [4.78, 5) is 5.19. The first-order chi connectivity index (χ1) is 8.79. The first kappa shape index (κ1) is 14.3. The van der Waals surface area contributed by atoms with Gasteiger partial charge < -0.3 is 10.0 Å². The Bertz CT molecular complexity index is 227. The Labute approximate surface area is 112 Å². The molecule has 1 N–H and O–H groups in total. The zero-order valence-corrected chi connectivity index (χ0v) is 12.0. The van der Waals surface area contributed by atoms with Crippen LogP contribution < -0.4 is 0 Å². The van der Waals surface area contributed by atoms with Crippen LogP contribution in [0.25, 0.3) is 0 Å². The molecule has 0 aromatic heterocycles. The number of aliphatic hydroxyl groups excluding tert-OH is 1. The van der Waals surface area contributed by atoms with Crippen molar-refractivity contribution in [3.8, 4) is 0 Å². The molecule has 0 amide bonds. The zero-order valence-electron chi connectivity index (χ0n) is 12.0. The van der Waals surface area contributed by atoms with E-state index in [1.54, 1.807) is 0 Å². The van der Waals surface area contributed by atoms with Crippen LogP contribution in [0.4, 0.5) is 0 Å². The minimum Gasteiger partial charge on any atom is -0.392 e. The highest BCUT2D eigenvalue weighted by atomic mass is 16.3. The number of hydrogen-bond donors (Lipinski definition) is 1. The van der Waals surface area contributed by atoms with Gasteiger partial charge in [-0.1, -0.05) is 19.8 Å². The van der Waals surface area contributed by atoms with Crippen LogP contribution in [0.1, 0.15) is 51.9 Å². The summed E-state index contributed by atoms with van der Waals surface area (Å²) in [6.45, 7) is 7.97. The minimum atomic E-state index is -0.130. The van der Waals surface area contributed by atoms with Crippen LogP contribution in [0, 0.1) is 0 Å². The van der Waals surface area contributed by atoms with E-state index in [0.717, 1.165) is 13.0 Å². The molecule has 18 heavy (non-hydrogen) atoms. The second-order valence-corrected chi connectivity index (χ2v) is 6.07. The molecule has 3 nitrogen and oxygen atoms in total. The van der Waals surface area contributed by atoms with Crippen LogP contribution in [-0.2, 0) is 0 Å². The van der Waals surface area contributed by atoms with Gasteiger partial charge in [0.05, 0.1) is 6.10 Å². The predicted molar refractivity (Wildman–Crippen MR) is 75.8 cm³/mol. The van der Waals surface area contributed by atoms with Gasteiger partial charge in [-0.2, -0.15) is 0 Å². The van der Waals surface area contributed by atoms with E-state index in [1.807, 2.05) is 0 Å². The summed E-state index contributed by atoms with van der Waals surface area (Å²) < 4.78 is 0. The molecule has 2 aliphatic rings. The zero-order chi connectivity index (χ0) is 12.8. The monoisotopic (exact) mass is 254 g/mol. The molecule has 0 aliphatic carbocycles. The Balaban J connectivity index is 1.79. The third-order valence-electron chi connectivity index (χ3n) is 4.58. The van der Waals surface area contributed by atoms with Crippen LogP contribution in [0.2, 0.25) is 0 Å². The highest BCUT2D eigenvalue weighted by Gasteiger charge is 2.27. The SMILES string of the molecule is CC[C@H](O)CN1CCCC1CN1CCCCCC1. The van der Waals surface area contributed by atoms with E-state index < -0.39 is 0 Å². The van der Waals surface area contributed by atoms with Crippen molar-refractivity contribution in [3.63, 3.8) is 0 Å². The van der Waals surface area contributed by atoms with E-state index in [-0.39, 0.29) is 6.10 Å². The van der Waals surface area contributed by atoms with E-state index in [0.29, 0.717) is 6.04 Å². The maximum absolute atomic E-state index is 9.83. The van der Waals surface area contributed by atoms with Gasteiger partial charge in [-0.05, 0) is 51.7 Å². The fourth-order valence-corrected chi connectivity index (χ4v) is 3.36. The lowest BCUT2D eigenvalue weighted by molar-refractivity contribution is 0.0896. The van der Waals surface area contributed by atoms with Crippen LogP contribution in [0.15, 0.2) is 0 Å². The Morgan fingerprint density at radius 1 is 1.06 bits per heavy atom. The van der Waals surface area contributed by atoms with Crippen LogP contribution in [-0.4, -0.2) is 59.8 Å². The van der Waals surface area contributed by atoms with Crippen molar-refractivity contribution >= 4 is 0 Å². The Kier molecular flexibility index (Phi) is 5.93. The van der Waals surface area contributed by atoms with Gasteiger partial charge in [-0.15, -0.1) is 0 Å². The number of aliphatic hydroxyl groups is 1. The molecule has 1 unspecified atom stereocenters. The largest absolute Gasteiger partial charge is 0.392 e. The average Bonchev–Trinajstić information content (AvgIpc) is 2.64. The lowest BCUT2D eigenvalue weighted by Crippen LogP contribution is -2.43. The van der Waals surface area contributed by atoms with Gasteiger partial charge in [-0.25, -0.2) is 0 Å². The van der Waals surface area contributed by atoms with Crippen molar-refractivity contribution in [2.45, 2.75) is 64.0 Å². The first-order valence-electron chi connectivity index (χ1n) is 7.94. The fourth-order valence-electron chi connectivity index (χ4n) is 3.36. The van der Waals surface area contributed by atoms with Crippen LogP contribution >= 0.6 is 0 Å². The maximum atomic E-state index is 9.83. The minimum absolute atomic E-state index is 0.130. The highest BCUT2D eigenvalue weighted by Crippen LogP contribution is 2.20. The molecule has 0 aromatic rings. The molecule has 106 valence electrons. The number of rotatable bonds is 5. The summed E-state index contributed by atoms with van der Waals surface area (Å²) in [5.41, 5.74) is 0. The second-order valence-electron chi connectivity index (χ2n) is 6.07. The van der Waals surface area contributed by atoms with Crippen molar-refractivity contribution in [2.75, 3.05) is 32.7 Å². The van der Waals surface area contributed by atoms with Crippen LogP contribution in [0.5, 0.6) is 0 Å². The molecular weight excluding hydrogens is 224 g/mol.